The molecular weight excluding hydrogens is 348 g/mol. The molecule has 27 heavy (non-hydrogen) atoms. The van der Waals surface area contributed by atoms with Crippen molar-refractivity contribution in [1.29, 1.82) is 0 Å². The van der Waals surface area contributed by atoms with E-state index in [1.165, 1.54) is 7.11 Å². The highest BCUT2D eigenvalue weighted by Crippen LogP contribution is 2.34. The Balaban J connectivity index is 1.63. The third kappa shape index (κ3) is 4.98. The monoisotopic (exact) mass is 370 g/mol. The average molecular weight is 370 g/mol. The second-order valence-corrected chi connectivity index (χ2v) is 6.01. The number of para-hydroxylation sites is 1. The summed E-state index contributed by atoms with van der Waals surface area (Å²) in [7, 11) is 1.46. The van der Waals surface area contributed by atoms with Crippen LogP contribution in [0.5, 0.6) is 11.5 Å². The third-order valence-electron chi connectivity index (χ3n) is 4.00. The standard InChI is InChI=1S/C20H22N2O5/c1-25-13-19(23)21-15-8-9-18-17(12-15)22(20(24)14-27-18)10-5-11-26-16-6-3-2-4-7-16/h2-4,6-9,12H,5,10-11,13-14H2,1H3,(H,21,23). The van der Waals surface area contributed by atoms with Gasteiger partial charge < -0.3 is 24.4 Å². The van der Waals surface area contributed by atoms with E-state index < -0.39 is 0 Å². The predicted molar refractivity (Wildman–Crippen MR) is 101 cm³/mol. The summed E-state index contributed by atoms with van der Waals surface area (Å²) < 4.78 is 16.0. The molecule has 1 heterocycles. The number of anilines is 2. The van der Waals surface area contributed by atoms with Crippen LogP contribution in [0.1, 0.15) is 6.42 Å². The molecule has 2 aromatic rings. The molecule has 1 aliphatic rings. The quantitative estimate of drug-likeness (QED) is 0.723. The highest BCUT2D eigenvalue weighted by Gasteiger charge is 2.25. The summed E-state index contributed by atoms with van der Waals surface area (Å²) in [6.07, 6.45) is 0.667. The van der Waals surface area contributed by atoms with Crippen LogP contribution in [0.2, 0.25) is 0 Å². The van der Waals surface area contributed by atoms with Crippen LogP contribution in [0, 0.1) is 0 Å². The van der Waals surface area contributed by atoms with Crippen molar-refractivity contribution in [2.24, 2.45) is 0 Å². The number of rotatable bonds is 8. The molecule has 0 aromatic heterocycles. The Morgan fingerprint density at radius 3 is 2.81 bits per heavy atom. The van der Waals surface area contributed by atoms with Crippen molar-refractivity contribution in [2.45, 2.75) is 6.42 Å². The molecule has 0 unspecified atom stereocenters. The predicted octanol–water partition coefficient (Wildman–Crippen LogP) is 2.47. The van der Waals surface area contributed by atoms with Crippen molar-refractivity contribution < 1.29 is 23.8 Å². The Bertz CT molecular complexity index is 794. The van der Waals surface area contributed by atoms with Gasteiger partial charge in [-0.1, -0.05) is 18.2 Å². The number of methoxy groups -OCH3 is 1. The maximum Gasteiger partial charge on any atom is 0.265 e. The molecule has 7 heteroatoms. The lowest BCUT2D eigenvalue weighted by molar-refractivity contribution is -0.121. The summed E-state index contributed by atoms with van der Waals surface area (Å²) in [6.45, 7) is 0.959. The summed E-state index contributed by atoms with van der Waals surface area (Å²) in [5.41, 5.74) is 1.22. The van der Waals surface area contributed by atoms with E-state index in [4.69, 9.17) is 14.2 Å². The number of nitrogens with one attached hydrogen (secondary N) is 1. The van der Waals surface area contributed by atoms with Gasteiger partial charge in [0.2, 0.25) is 5.91 Å². The molecule has 7 nitrogen and oxygen atoms in total. The lowest BCUT2D eigenvalue weighted by atomic mass is 10.2. The van der Waals surface area contributed by atoms with Crippen LogP contribution in [0.25, 0.3) is 0 Å². The minimum absolute atomic E-state index is 0.00191. The van der Waals surface area contributed by atoms with Crippen molar-refractivity contribution in [3.05, 3.63) is 48.5 Å². The highest BCUT2D eigenvalue weighted by molar-refractivity contribution is 5.99. The molecule has 1 N–H and O–H groups in total. The van der Waals surface area contributed by atoms with Crippen molar-refractivity contribution in [3.63, 3.8) is 0 Å². The van der Waals surface area contributed by atoms with E-state index in [9.17, 15) is 9.59 Å². The van der Waals surface area contributed by atoms with Crippen LogP contribution < -0.4 is 19.7 Å². The molecule has 0 spiro atoms. The van der Waals surface area contributed by atoms with Crippen molar-refractivity contribution in [2.75, 3.05) is 43.7 Å². The summed E-state index contributed by atoms with van der Waals surface area (Å²) in [4.78, 5) is 25.7. The first-order chi connectivity index (χ1) is 13.2. The molecule has 2 aromatic carbocycles. The second kappa shape index (κ2) is 9.05. The van der Waals surface area contributed by atoms with E-state index in [0.29, 0.717) is 36.7 Å². The van der Waals surface area contributed by atoms with Gasteiger partial charge in [-0.05, 0) is 36.8 Å². The Morgan fingerprint density at radius 1 is 1.22 bits per heavy atom. The Labute approximate surface area is 157 Å². The van der Waals surface area contributed by atoms with Gasteiger partial charge in [0, 0.05) is 19.3 Å². The molecule has 0 atom stereocenters. The summed E-state index contributed by atoms with van der Waals surface area (Å²) >= 11 is 0. The Morgan fingerprint density at radius 2 is 2.04 bits per heavy atom. The third-order valence-corrected chi connectivity index (χ3v) is 4.00. The van der Waals surface area contributed by atoms with Gasteiger partial charge >= 0.3 is 0 Å². The lowest BCUT2D eigenvalue weighted by Crippen LogP contribution is -2.39. The Kier molecular flexibility index (Phi) is 6.27. The zero-order chi connectivity index (χ0) is 19.1. The molecule has 0 saturated carbocycles. The molecular formula is C20H22N2O5. The normalized spacial score (nSPS) is 12.9. The summed E-state index contributed by atoms with van der Waals surface area (Å²) in [6, 6.07) is 14.8. The van der Waals surface area contributed by atoms with E-state index >= 15 is 0 Å². The lowest BCUT2D eigenvalue weighted by Gasteiger charge is -2.29. The van der Waals surface area contributed by atoms with Gasteiger partial charge in [0.1, 0.15) is 18.1 Å². The fourth-order valence-corrected chi connectivity index (χ4v) is 2.78. The van der Waals surface area contributed by atoms with Gasteiger partial charge in [-0.3, -0.25) is 9.59 Å². The van der Waals surface area contributed by atoms with Crippen LogP contribution in [0.15, 0.2) is 48.5 Å². The average Bonchev–Trinajstić information content (AvgIpc) is 2.67. The number of amides is 2. The first-order valence-electron chi connectivity index (χ1n) is 8.71. The minimum Gasteiger partial charge on any atom is -0.494 e. The molecule has 0 aliphatic carbocycles. The number of carbonyl (C=O) groups is 2. The number of carbonyl (C=O) groups excluding carboxylic acids is 2. The number of benzene rings is 2. The molecule has 2 amide bonds. The fraction of sp³-hybridized carbons (Fsp3) is 0.300. The van der Waals surface area contributed by atoms with E-state index in [-0.39, 0.29) is 25.0 Å². The van der Waals surface area contributed by atoms with Gasteiger partial charge in [0.05, 0.1) is 12.3 Å². The van der Waals surface area contributed by atoms with E-state index in [1.807, 2.05) is 30.3 Å². The van der Waals surface area contributed by atoms with Crippen LogP contribution in [-0.2, 0) is 14.3 Å². The number of nitrogens with zero attached hydrogens (tertiary/aromatic N) is 1. The van der Waals surface area contributed by atoms with Gasteiger partial charge in [-0.2, -0.15) is 0 Å². The molecule has 0 bridgehead atoms. The van der Waals surface area contributed by atoms with Crippen molar-refractivity contribution in [1.82, 2.24) is 0 Å². The molecule has 142 valence electrons. The molecule has 0 saturated heterocycles. The second-order valence-electron chi connectivity index (χ2n) is 6.01. The summed E-state index contributed by atoms with van der Waals surface area (Å²) in [5.74, 6) is 1.03. The zero-order valence-electron chi connectivity index (χ0n) is 15.1. The van der Waals surface area contributed by atoms with Gasteiger partial charge in [-0.25, -0.2) is 0 Å². The first-order valence-corrected chi connectivity index (χ1v) is 8.71. The van der Waals surface area contributed by atoms with Crippen molar-refractivity contribution >= 4 is 23.2 Å². The fourth-order valence-electron chi connectivity index (χ4n) is 2.78. The van der Waals surface area contributed by atoms with E-state index in [0.717, 1.165) is 5.75 Å². The minimum atomic E-state index is -0.261. The maximum atomic E-state index is 12.3. The van der Waals surface area contributed by atoms with Gasteiger partial charge in [0.25, 0.3) is 5.91 Å². The molecule has 1 aliphatic heterocycles. The first kappa shape index (κ1) is 18.7. The highest BCUT2D eigenvalue weighted by atomic mass is 16.5. The maximum absolute atomic E-state index is 12.3. The number of ether oxygens (including phenoxy) is 3. The molecule has 0 fully saturated rings. The van der Waals surface area contributed by atoms with E-state index in [1.54, 1.807) is 23.1 Å². The van der Waals surface area contributed by atoms with Crippen LogP contribution in [0.4, 0.5) is 11.4 Å². The van der Waals surface area contributed by atoms with Crippen LogP contribution in [0.3, 0.4) is 0 Å². The Hall–Kier alpha value is -3.06. The SMILES string of the molecule is COCC(=O)Nc1ccc2c(c1)N(CCCOc1ccccc1)C(=O)CO2. The summed E-state index contributed by atoms with van der Waals surface area (Å²) in [5, 5.41) is 2.73. The topological polar surface area (TPSA) is 77.1 Å². The van der Waals surface area contributed by atoms with Crippen molar-refractivity contribution in [3.8, 4) is 11.5 Å². The van der Waals surface area contributed by atoms with Crippen LogP contribution >= 0.6 is 0 Å². The number of hydrogen-bond acceptors (Lipinski definition) is 5. The van der Waals surface area contributed by atoms with Gasteiger partial charge in [-0.15, -0.1) is 0 Å². The number of fused-ring (bicyclic) bond motifs is 1. The smallest absolute Gasteiger partial charge is 0.265 e. The molecule has 0 radical (unpaired) electrons. The van der Waals surface area contributed by atoms with Crippen LogP contribution in [-0.4, -0.2) is 45.3 Å². The largest absolute Gasteiger partial charge is 0.494 e. The number of hydrogen-bond donors (Lipinski definition) is 1. The van der Waals surface area contributed by atoms with Gasteiger partial charge in [0.15, 0.2) is 6.61 Å². The molecule has 3 rings (SSSR count). The zero-order valence-corrected chi connectivity index (χ0v) is 15.1. The van der Waals surface area contributed by atoms with E-state index in [2.05, 4.69) is 5.32 Å².